The molecule has 2 rings (SSSR count). The highest BCUT2D eigenvalue weighted by Gasteiger charge is 2.23. The number of aryl methyl sites for hydroxylation is 1. The molecule has 0 amide bonds. The molecule has 0 spiro atoms. The molecular formula is C12H10FN3O4. The van der Waals surface area contributed by atoms with E-state index in [9.17, 15) is 19.3 Å². The van der Waals surface area contributed by atoms with Crippen molar-refractivity contribution in [1.82, 2.24) is 9.55 Å². The van der Waals surface area contributed by atoms with Gasteiger partial charge in [0.1, 0.15) is 17.1 Å². The van der Waals surface area contributed by atoms with Gasteiger partial charge in [0, 0.05) is 17.8 Å². The number of hydrogen-bond acceptors (Lipinski definition) is 4. The minimum absolute atomic E-state index is 0.0596. The second kappa shape index (κ2) is 4.72. The number of carboxylic acid groups (broad SMARTS) is 1. The van der Waals surface area contributed by atoms with E-state index in [0.29, 0.717) is 17.5 Å². The average molecular weight is 279 g/mol. The lowest BCUT2D eigenvalue weighted by Gasteiger charge is -2.08. The molecule has 0 fully saturated rings. The van der Waals surface area contributed by atoms with Crippen LogP contribution in [0.4, 0.5) is 10.1 Å². The maximum absolute atomic E-state index is 13.7. The number of carboxylic acids is 1. The van der Waals surface area contributed by atoms with Gasteiger partial charge in [0.05, 0.1) is 16.9 Å². The Hall–Kier alpha value is -2.77. The molecule has 1 heterocycles. The van der Waals surface area contributed by atoms with Crippen molar-refractivity contribution in [3.05, 3.63) is 51.3 Å². The van der Waals surface area contributed by atoms with Crippen LogP contribution in [0.3, 0.4) is 0 Å². The molecule has 0 unspecified atom stereocenters. The van der Waals surface area contributed by atoms with E-state index in [1.54, 1.807) is 13.8 Å². The summed E-state index contributed by atoms with van der Waals surface area (Å²) in [5.41, 5.74) is -0.0487. The maximum atomic E-state index is 13.7. The van der Waals surface area contributed by atoms with Crippen LogP contribution in [-0.4, -0.2) is 25.6 Å². The fraction of sp³-hybridized carbons (Fsp3) is 0.167. The quantitative estimate of drug-likeness (QED) is 0.686. The van der Waals surface area contributed by atoms with Gasteiger partial charge in [-0.1, -0.05) is 0 Å². The third-order valence-electron chi connectivity index (χ3n) is 3.00. The van der Waals surface area contributed by atoms with E-state index in [2.05, 4.69) is 4.98 Å². The molecule has 20 heavy (non-hydrogen) atoms. The number of aromatic carboxylic acids is 1. The highest BCUT2D eigenvalue weighted by atomic mass is 19.1. The molecule has 0 aliphatic heterocycles. The van der Waals surface area contributed by atoms with Gasteiger partial charge in [0.2, 0.25) is 0 Å². The predicted molar refractivity (Wildman–Crippen MR) is 66.6 cm³/mol. The van der Waals surface area contributed by atoms with Gasteiger partial charge in [-0.15, -0.1) is 0 Å². The van der Waals surface area contributed by atoms with Gasteiger partial charge in [0.25, 0.3) is 5.69 Å². The first-order chi connectivity index (χ1) is 9.32. The number of imidazole rings is 1. The summed E-state index contributed by atoms with van der Waals surface area (Å²) in [4.78, 5) is 25.1. The summed E-state index contributed by atoms with van der Waals surface area (Å²) in [6.07, 6.45) is 1.33. The first-order valence-electron chi connectivity index (χ1n) is 5.55. The van der Waals surface area contributed by atoms with E-state index < -0.39 is 28.0 Å². The van der Waals surface area contributed by atoms with Gasteiger partial charge in [-0.25, -0.2) is 14.2 Å². The van der Waals surface area contributed by atoms with Gasteiger partial charge in [0.15, 0.2) is 0 Å². The first-order valence-corrected chi connectivity index (χ1v) is 5.55. The molecule has 0 saturated carbocycles. The fourth-order valence-corrected chi connectivity index (χ4v) is 1.80. The van der Waals surface area contributed by atoms with Crippen molar-refractivity contribution in [1.29, 1.82) is 0 Å². The number of rotatable bonds is 3. The van der Waals surface area contributed by atoms with Gasteiger partial charge in [-0.2, -0.15) is 0 Å². The lowest BCUT2D eigenvalue weighted by atomic mass is 10.1. The van der Waals surface area contributed by atoms with E-state index in [0.717, 1.165) is 6.07 Å². The van der Waals surface area contributed by atoms with Crippen molar-refractivity contribution < 1.29 is 19.2 Å². The van der Waals surface area contributed by atoms with Crippen LogP contribution in [-0.2, 0) is 0 Å². The number of nitro groups is 1. The number of halogens is 1. The number of carbonyl (C=O) groups is 1. The van der Waals surface area contributed by atoms with Crippen molar-refractivity contribution >= 4 is 11.7 Å². The van der Waals surface area contributed by atoms with Crippen LogP contribution < -0.4 is 0 Å². The van der Waals surface area contributed by atoms with E-state index in [1.165, 1.54) is 10.9 Å². The molecule has 2 aromatic rings. The molecule has 0 radical (unpaired) electrons. The Morgan fingerprint density at radius 3 is 2.55 bits per heavy atom. The Morgan fingerprint density at radius 1 is 1.45 bits per heavy atom. The minimum Gasteiger partial charge on any atom is -0.478 e. The Kier molecular flexibility index (Phi) is 3.23. The van der Waals surface area contributed by atoms with E-state index in [-0.39, 0.29) is 5.69 Å². The summed E-state index contributed by atoms with van der Waals surface area (Å²) in [6.45, 7) is 3.38. The molecule has 1 aromatic carbocycles. The molecule has 1 aromatic heterocycles. The predicted octanol–water partition coefficient (Wildman–Crippen LogP) is 2.23. The third-order valence-corrected chi connectivity index (χ3v) is 3.00. The third kappa shape index (κ3) is 2.11. The second-order valence-corrected chi connectivity index (χ2v) is 4.17. The fourth-order valence-electron chi connectivity index (χ4n) is 1.80. The molecule has 8 heteroatoms. The van der Waals surface area contributed by atoms with Crippen LogP contribution in [0.15, 0.2) is 18.5 Å². The molecule has 1 N–H and O–H groups in total. The SMILES string of the molecule is Cc1ncn(-c2cc(F)c(C(=O)O)cc2[N+](=O)[O-])c1C. The van der Waals surface area contributed by atoms with Crippen molar-refractivity contribution in [2.75, 3.05) is 0 Å². The Bertz CT molecular complexity index is 724. The molecule has 7 nitrogen and oxygen atoms in total. The highest BCUT2D eigenvalue weighted by Crippen LogP contribution is 2.28. The summed E-state index contributed by atoms with van der Waals surface area (Å²) in [7, 11) is 0. The Balaban J connectivity index is 2.76. The van der Waals surface area contributed by atoms with E-state index >= 15 is 0 Å². The average Bonchev–Trinajstić information content (AvgIpc) is 2.68. The van der Waals surface area contributed by atoms with Crippen LogP contribution in [0.2, 0.25) is 0 Å². The van der Waals surface area contributed by atoms with E-state index in [4.69, 9.17) is 5.11 Å². The summed E-state index contributed by atoms with van der Waals surface area (Å²) in [6, 6.07) is 1.54. The first kappa shape index (κ1) is 13.7. The molecule has 0 aliphatic carbocycles. The van der Waals surface area contributed by atoms with Crippen molar-refractivity contribution in [2.45, 2.75) is 13.8 Å². The van der Waals surface area contributed by atoms with Crippen LogP contribution >= 0.6 is 0 Å². The maximum Gasteiger partial charge on any atom is 0.338 e. The second-order valence-electron chi connectivity index (χ2n) is 4.17. The molecule has 0 atom stereocenters. The number of aromatic nitrogens is 2. The molecule has 104 valence electrons. The Morgan fingerprint density at radius 2 is 2.10 bits per heavy atom. The van der Waals surface area contributed by atoms with Gasteiger partial charge >= 0.3 is 5.97 Å². The standard InChI is InChI=1S/C12H10FN3O4/c1-6-7(2)15(5-14-6)10-4-9(13)8(12(17)18)3-11(10)16(19)20/h3-5H,1-2H3,(H,17,18). The van der Waals surface area contributed by atoms with Gasteiger partial charge < -0.3 is 5.11 Å². The number of nitrogens with zero attached hydrogens (tertiary/aromatic N) is 3. The summed E-state index contributed by atoms with van der Waals surface area (Å²) < 4.78 is 15.1. The molecule has 0 saturated heterocycles. The molecule has 0 bridgehead atoms. The largest absolute Gasteiger partial charge is 0.478 e. The molecular weight excluding hydrogens is 269 g/mol. The summed E-state index contributed by atoms with van der Waals surface area (Å²) in [5, 5.41) is 19.9. The number of hydrogen-bond donors (Lipinski definition) is 1. The van der Waals surface area contributed by atoms with Crippen molar-refractivity contribution in [3.8, 4) is 5.69 Å². The zero-order valence-corrected chi connectivity index (χ0v) is 10.6. The Labute approximate surface area is 112 Å². The van der Waals surface area contributed by atoms with Gasteiger partial charge in [-0.3, -0.25) is 14.7 Å². The number of nitro benzene ring substituents is 1. The zero-order chi connectivity index (χ0) is 15.0. The minimum atomic E-state index is -1.56. The number of benzene rings is 1. The van der Waals surface area contributed by atoms with Crippen LogP contribution in [0, 0.1) is 29.8 Å². The van der Waals surface area contributed by atoms with Gasteiger partial charge in [-0.05, 0) is 13.8 Å². The van der Waals surface area contributed by atoms with Crippen LogP contribution in [0.1, 0.15) is 21.7 Å². The lowest BCUT2D eigenvalue weighted by Crippen LogP contribution is -2.07. The zero-order valence-electron chi connectivity index (χ0n) is 10.6. The van der Waals surface area contributed by atoms with Crippen LogP contribution in [0.25, 0.3) is 5.69 Å². The normalized spacial score (nSPS) is 10.6. The smallest absolute Gasteiger partial charge is 0.338 e. The van der Waals surface area contributed by atoms with E-state index in [1.807, 2.05) is 0 Å². The van der Waals surface area contributed by atoms with Crippen molar-refractivity contribution in [2.24, 2.45) is 0 Å². The highest BCUT2D eigenvalue weighted by molar-refractivity contribution is 5.89. The lowest BCUT2D eigenvalue weighted by molar-refractivity contribution is -0.384. The van der Waals surface area contributed by atoms with Crippen LogP contribution in [0.5, 0.6) is 0 Å². The monoisotopic (exact) mass is 279 g/mol. The summed E-state index contributed by atoms with van der Waals surface area (Å²) in [5.74, 6) is -2.60. The molecule has 0 aliphatic rings. The summed E-state index contributed by atoms with van der Waals surface area (Å²) >= 11 is 0. The topological polar surface area (TPSA) is 98.3 Å². The van der Waals surface area contributed by atoms with Crippen molar-refractivity contribution in [3.63, 3.8) is 0 Å².